The third-order valence-corrected chi connectivity index (χ3v) is 8.56. The number of amides is 4. The maximum absolute atomic E-state index is 13.6. The van der Waals surface area contributed by atoms with Gasteiger partial charge in [-0.2, -0.15) is 5.06 Å². The predicted octanol–water partition coefficient (Wildman–Crippen LogP) is 3.12. The van der Waals surface area contributed by atoms with E-state index in [-0.39, 0.29) is 47.0 Å². The Bertz CT molecular complexity index is 1930. The van der Waals surface area contributed by atoms with Crippen molar-refractivity contribution in [3.05, 3.63) is 71.5 Å². The van der Waals surface area contributed by atoms with E-state index >= 15 is 0 Å². The Hall–Kier alpha value is -6.92. The summed E-state index contributed by atoms with van der Waals surface area (Å²) >= 11 is 0. The van der Waals surface area contributed by atoms with Gasteiger partial charge in [-0.15, -0.1) is 0 Å². The van der Waals surface area contributed by atoms with Gasteiger partial charge in [0.25, 0.3) is 11.8 Å². The van der Waals surface area contributed by atoms with Crippen molar-refractivity contribution >= 4 is 53.7 Å². The van der Waals surface area contributed by atoms with Crippen molar-refractivity contribution in [2.24, 2.45) is 5.92 Å². The quantitative estimate of drug-likeness (QED) is 0.0297. The Labute approximate surface area is 326 Å². The van der Waals surface area contributed by atoms with Crippen LogP contribution >= 0.6 is 0 Å². The van der Waals surface area contributed by atoms with Crippen LogP contribution in [0.1, 0.15) is 83.6 Å². The molecule has 19 heteroatoms. The van der Waals surface area contributed by atoms with E-state index in [9.17, 15) is 43.5 Å². The largest absolute Gasteiger partial charge is 0.481 e. The van der Waals surface area contributed by atoms with Gasteiger partial charge in [-0.25, -0.2) is 14.4 Å². The summed E-state index contributed by atoms with van der Waals surface area (Å²) < 4.78 is 10.9. The van der Waals surface area contributed by atoms with E-state index < -0.39 is 72.6 Å². The van der Waals surface area contributed by atoms with Gasteiger partial charge in [-0.1, -0.05) is 51.3 Å². The van der Waals surface area contributed by atoms with E-state index in [1.807, 2.05) is 6.92 Å². The zero-order chi connectivity index (χ0) is 42.1. The molecule has 1 heterocycles. The molecule has 2 aromatic carbocycles. The van der Waals surface area contributed by atoms with Crippen molar-refractivity contribution < 1.29 is 67.7 Å². The number of carboxylic acids is 3. The highest BCUT2D eigenvalue weighted by molar-refractivity contribution is 6.00. The van der Waals surface area contributed by atoms with Crippen LogP contribution in [0.5, 0.6) is 5.75 Å². The normalized spacial score (nSPS) is 12.2. The predicted molar refractivity (Wildman–Crippen MR) is 200 cm³/mol. The van der Waals surface area contributed by atoms with E-state index in [0.717, 1.165) is 17.9 Å². The molecule has 0 saturated heterocycles. The number of unbranched alkanes of at least 4 members (excludes halogenated alkanes) is 2. The van der Waals surface area contributed by atoms with Gasteiger partial charge < -0.3 is 50.6 Å². The zero-order valence-electron chi connectivity index (χ0n) is 31.4. The van der Waals surface area contributed by atoms with Crippen molar-refractivity contribution in [3.63, 3.8) is 0 Å². The summed E-state index contributed by atoms with van der Waals surface area (Å²) in [7, 11) is 1.63. The van der Waals surface area contributed by atoms with Gasteiger partial charge >= 0.3 is 23.9 Å². The number of anilines is 1. The number of carbonyl (C=O) groups is 8. The molecule has 306 valence electrons. The lowest BCUT2D eigenvalue weighted by molar-refractivity contribution is -0.171. The second kappa shape index (κ2) is 21.8. The molecule has 3 aromatic rings. The molecule has 0 bridgehead atoms. The van der Waals surface area contributed by atoms with Crippen molar-refractivity contribution in [2.45, 2.75) is 64.5 Å². The maximum Gasteiger partial charge on any atom is 0.365 e. The molecular formula is C38H45N5O14. The van der Waals surface area contributed by atoms with Crippen LogP contribution in [0.15, 0.2) is 59.0 Å². The molecule has 0 saturated carbocycles. The summed E-state index contributed by atoms with van der Waals surface area (Å²) in [5.74, 6) is -8.81. The van der Waals surface area contributed by atoms with Crippen molar-refractivity contribution in [1.82, 2.24) is 21.0 Å². The Morgan fingerprint density at radius 2 is 1.61 bits per heavy atom. The van der Waals surface area contributed by atoms with Crippen LogP contribution in [-0.2, 0) is 28.8 Å². The number of hydroxylamine groups is 2. The minimum absolute atomic E-state index is 0.0771. The number of furan rings is 1. The summed E-state index contributed by atoms with van der Waals surface area (Å²) in [6, 6.07) is 10.4. The number of ether oxygens (including phenoxy) is 1. The van der Waals surface area contributed by atoms with Gasteiger partial charge in [0.2, 0.25) is 12.3 Å². The van der Waals surface area contributed by atoms with Crippen LogP contribution in [0.2, 0.25) is 0 Å². The Kier molecular flexibility index (Phi) is 17.0. The number of para-hydroxylation sites is 1. The van der Waals surface area contributed by atoms with Gasteiger partial charge in [-0.05, 0) is 49.2 Å². The number of carboxylic acid groups (broad SMARTS) is 3. The topological polar surface area (TPSA) is 280 Å². The van der Waals surface area contributed by atoms with Gasteiger partial charge in [0.1, 0.15) is 17.6 Å². The first-order valence-electron chi connectivity index (χ1n) is 17.9. The van der Waals surface area contributed by atoms with Crippen molar-refractivity contribution in [2.75, 3.05) is 25.6 Å². The molecule has 3 unspecified atom stereocenters. The fourth-order valence-electron chi connectivity index (χ4n) is 5.72. The maximum atomic E-state index is 13.6. The molecule has 7 N–H and O–H groups in total. The van der Waals surface area contributed by atoms with Gasteiger partial charge in [0.05, 0.1) is 36.2 Å². The molecule has 3 atom stereocenters. The number of nitrogens with one attached hydrogen (secondary N) is 4. The first-order chi connectivity index (χ1) is 27.2. The van der Waals surface area contributed by atoms with E-state index in [0.29, 0.717) is 24.9 Å². The molecule has 0 aliphatic carbocycles. The number of carbonyl (C=O) groups excluding carboxylic acids is 5. The molecule has 19 nitrogen and oxygen atoms in total. The highest BCUT2D eigenvalue weighted by Crippen LogP contribution is 2.30. The first kappa shape index (κ1) is 44.5. The molecule has 0 aliphatic heterocycles. The smallest absolute Gasteiger partial charge is 0.365 e. The summed E-state index contributed by atoms with van der Waals surface area (Å²) in [4.78, 5) is 104. The first-order valence-corrected chi connectivity index (χ1v) is 17.9. The lowest BCUT2D eigenvalue weighted by atomic mass is 9.90. The van der Waals surface area contributed by atoms with Crippen LogP contribution in [0.25, 0.3) is 11.3 Å². The number of rotatable bonds is 24. The van der Waals surface area contributed by atoms with Crippen molar-refractivity contribution in [1.29, 1.82) is 0 Å². The molecule has 0 radical (unpaired) electrons. The lowest BCUT2D eigenvalue weighted by Crippen LogP contribution is -2.49. The minimum Gasteiger partial charge on any atom is -0.481 e. The summed E-state index contributed by atoms with van der Waals surface area (Å²) in [6.45, 7) is 2.50. The fourth-order valence-corrected chi connectivity index (χ4v) is 5.72. The van der Waals surface area contributed by atoms with Crippen LogP contribution in [0, 0.1) is 5.92 Å². The van der Waals surface area contributed by atoms with E-state index in [4.69, 9.17) is 24.2 Å². The molecule has 0 aliphatic rings. The lowest BCUT2D eigenvalue weighted by Gasteiger charge is -2.32. The second-order valence-electron chi connectivity index (χ2n) is 12.5. The third-order valence-electron chi connectivity index (χ3n) is 8.56. The van der Waals surface area contributed by atoms with Crippen LogP contribution < -0.4 is 26.0 Å². The minimum atomic E-state index is -1.79. The van der Waals surface area contributed by atoms with Gasteiger partial charge in [0.15, 0.2) is 12.4 Å². The molecule has 57 heavy (non-hydrogen) atoms. The van der Waals surface area contributed by atoms with Crippen molar-refractivity contribution in [3.8, 4) is 17.1 Å². The van der Waals surface area contributed by atoms with E-state index in [2.05, 4.69) is 21.3 Å². The number of nitrogens with zero attached hydrogens (tertiary/aromatic N) is 1. The third kappa shape index (κ3) is 12.8. The average molecular weight is 796 g/mol. The number of hydrogen-bond donors (Lipinski definition) is 7. The number of benzene rings is 2. The highest BCUT2D eigenvalue weighted by atomic mass is 16.7. The van der Waals surface area contributed by atoms with E-state index in [1.54, 1.807) is 32.2 Å². The molecule has 1 aromatic heterocycles. The van der Waals surface area contributed by atoms with Crippen LogP contribution in [0.3, 0.4) is 0 Å². The number of hydrogen-bond acceptors (Lipinski definition) is 12. The molecule has 0 fully saturated rings. The summed E-state index contributed by atoms with van der Waals surface area (Å²) in [5.41, 5.74) is 0.590. The zero-order valence-corrected chi connectivity index (χ0v) is 31.4. The summed E-state index contributed by atoms with van der Waals surface area (Å²) in [5, 5.41) is 38.4. The Balaban J connectivity index is 1.73. The molecule has 3 rings (SSSR count). The second-order valence-corrected chi connectivity index (χ2v) is 12.5. The van der Waals surface area contributed by atoms with E-state index in [1.165, 1.54) is 36.4 Å². The fraction of sp³-hybridized carbons (Fsp3) is 0.368. The van der Waals surface area contributed by atoms with Crippen LogP contribution in [0.4, 0.5) is 5.69 Å². The Morgan fingerprint density at radius 1 is 0.877 bits per heavy atom. The summed E-state index contributed by atoms with van der Waals surface area (Å²) in [6.07, 6.45) is 2.33. The van der Waals surface area contributed by atoms with Gasteiger partial charge in [0, 0.05) is 18.3 Å². The molecule has 4 amide bonds. The SMILES string of the molecule is CCCCCC(C(=O)NCNC(=O)c1ccc(-c2ccc(C(=O)NC(CC(=O)O)C(=O)O)c(OCC(=O)O)c2)o1)C(CC)N(C=O)OC(=O)c1ccccc1NC. The Morgan fingerprint density at radius 3 is 2.25 bits per heavy atom. The molecular weight excluding hydrogens is 750 g/mol. The monoisotopic (exact) mass is 795 g/mol. The standard InChI is InChI=1S/C38H45N5O14/c1-4-6-7-11-24(28(5-2)43(21-44)57-38(54)23-10-8-9-12-26(23)39-3)34(49)40-20-41-36(51)30-16-15-29(56-30)22-13-14-25(31(17-22)55-19-33(47)48)35(50)42-27(37(52)53)18-32(45)46/h8-10,12-17,21,24,27-28,39H,4-7,11,18-20H2,1-3H3,(H,40,49)(H,41,51)(H,42,50)(H,45,46)(H,47,48)(H,52,53). The highest BCUT2D eigenvalue weighted by Gasteiger charge is 2.34. The van der Waals surface area contributed by atoms with Crippen LogP contribution in [-0.4, -0.2) is 101 Å². The number of aliphatic carboxylic acids is 3. The average Bonchev–Trinajstić information content (AvgIpc) is 3.69. The van der Waals surface area contributed by atoms with Gasteiger partial charge in [-0.3, -0.25) is 24.0 Å². The molecule has 0 spiro atoms.